The van der Waals surface area contributed by atoms with Crippen LogP contribution in [0.5, 0.6) is 11.5 Å². The van der Waals surface area contributed by atoms with Crippen LogP contribution in [0.25, 0.3) is 22.6 Å². The van der Waals surface area contributed by atoms with E-state index in [4.69, 9.17) is 4.42 Å². The van der Waals surface area contributed by atoms with Gasteiger partial charge in [0.2, 0.25) is 11.6 Å². The number of hydrogen-bond donors (Lipinski definition) is 2. The molecule has 0 aliphatic heterocycles. The molecule has 3 aromatic carbocycles. The zero-order valence-corrected chi connectivity index (χ0v) is 15.2. The zero-order chi connectivity index (χ0) is 20.5. The first kappa shape index (κ1) is 18.2. The Morgan fingerprint density at radius 3 is 2.69 bits per heavy atom. The highest BCUT2D eigenvalue weighted by molar-refractivity contribution is 5.88. The van der Waals surface area contributed by atoms with Crippen LogP contribution in [0.4, 0.5) is 11.4 Å². The van der Waals surface area contributed by atoms with Gasteiger partial charge in [0.15, 0.2) is 5.58 Å². The number of aromatic hydroxyl groups is 2. The summed E-state index contributed by atoms with van der Waals surface area (Å²) in [5, 5.41) is 31.2. The minimum atomic E-state index is -0.666. The number of rotatable bonds is 4. The van der Waals surface area contributed by atoms with Gasteiger partial charge in [-0.25, -0.2) is 4.98 Å². The zero-order valence-electron chi connectivity index (χ0n) is 15.2. The maximum absolute atomic E-state index is 10.9. The van der Waals surface area contributed by atoms with E-state index in [-0.39, 0.29) is 17.2 Å². The molecule has 8 nitrogen and oxygen atoms in total. The summed E-state index contributed by atoms with van der Waals surface area (Å²) in [6.07, 6.45) is 1.31. The highest BCUT2D eigenvalue weighted by Gasteiger charge is 2.16. The summed E-state index contributed by atoms with van der Waals surface area (Å²) < 4.78 is 5.76. The van der Waals surface area contributed by atoms with Crippen LogP contribution < -0.4 is 0 Å². The predicted molar refractivity (Wildman–Crippen MR) is 108 cm³/mol. The van der Waals surface area contributed by atoms with Gasteiger partial charge in [0.05, 0.1) is 16.2 Å². The molecule has 0 saturated heterocycles. The molecule has 0 amide bonds. The van der Waals surface area contributed by atoms with Crippen molar-refractivity contribution in [3.05, 3.63) is 75.8 Å². The lowest BCUT2D eigenvalue weighted by Crippen LogP contribution is -1.91. The molecule has 0 bridgehead atoms. The highest BCUT2D eigenvalue weighted by Crippen LogP contribution is 2.35. The number of oxazole rings is 1. The molecule has 144 valence electrons. The van der Waals surface area contributed by atoms with Crippen molar-refractivity contribution < 1.29 is 19.6 Å². The maximum atomic E-state index is 10.9. The van der Waals surface area contributed by atoms with Crippen LogP contribution >= 0.6 is 0 Å². The molecule has 8 heteroatoms. The molecule has 0 saturated carbocycles. The van der Waals surface area contributed by atoms with Gasteiger partial charge in [-0.15, -0.1) is 0 Å². The fraction of sp³-hybridized carbons (Fsp3) is 0.0476. The number of benzene rings is 3. The van der Waals surface area contributed by atoms with E-state index in [0.717, 1.165) is 5.56 Å². The largest absolute Gasteiger partial charge is 0.507 e. The first-order valence-corrected chi connectivity index (χ1v) is 8.64. The van der Waals surface area contributed by atoms with Gasteiger partial charge in [0, 0.05) is 17.8 Å². The second kappa shape index (κ2) is 7.08. The first-order valence-electron chi connectivity index (χ1n) is 8.64. The Bertz CT molecular complexity index is 1280. The van der Waals surface area contributed by atoms with Crippen molar-refractivity contribution >= 4 is 28.7 Å². The van der Waals surface area contributed by atoms with Gasteiger partial charge >= 0.3 is 5.69 Å². The van der Waals surface area contributed by atoms with E-state index in [1.54, 1.807) is 18.2 Å². The Morgan fingerprint density at radius 1 is 1.14 bits per heavy atom. The van der Waals surface area contributed by atoms with Crippen LogP contribution in [0.1, 0.15) is 11.1 Å². The lowest BCUT2D eigenvalue weighted by Gasteiger charge is -2.02. The Labute approximate surface area is 164 Å². The molecular formula is C21H15N3O5. The van der Waals surface area contributed by atoms with E-state index in [0.29, 0.717) is 22.4 Å². The molecule has 0 spiro atoms. The van der Waals surface area contributed by atoms with E-state index >= 15 is 0 Å². The maximum Gasteiger partial charge on any atom is 0.311 e. The topological polar surface area (TPSA) is 122 Å². The van der Waals surface area contributed by atoms with Crippen LogP contribution in [0.3, 0.4) is 0 Å². The monoisotopic (exact) mass is 389 g/mol. The van der Waals surface area contributed by atoms with Crippen molar-refractivity contribution in [2.24, 2.45) is 4.99 Å². The number of hydrogen-bond acceptors (Lipinski definition) is 7. The lowest BCUT2D eigenvalue weighted by molar-refractivity contribution is -0.385. The summed E-state index contributed by atoms with van der Waals surface area (Å²) in [5.74, 6) is -0.233. The van der Waals surface area contributed by atoms with E-state index < -0.39 is 16.4 Å². The van der Waals surface area contributed by atoms with E-state index in [1.165, 1.54) is 30.5 Å². The van der Waals surface area contributed by atoms with Gasteiger partial charge in [-0.2, -0.15) is 0 Å². The van der Waals surface area contributed by atoms with Crippen LogP contribution in [0, 0.1) is 17.0 Å². The van der Waals surface area contributed by atoms with Crippen molar-refractivity contribution in [3.8, 4) is 23.0 Å². The molecule has 4 aromatic rings. The van der Waals surface area contributed by atoms with E-state index in [1.807, 2.05) is 19.1 Å². The van der Waals surface area contributed by atoms with Crippen molar-refractivity contribution in [1.29, 1.82) is 0 Å². The minimum Gasteiger partial charge on any atom is -0.507 e. The molecule has 0 unspecified atom stereocenters. The number of nitrogens with zero attached hydrogens (tertiary/aromatic N) is 3. The first-order chi connectivity index (χ1) is 13.9. The fourth-order valence-corrected chi connectivity index (χ4v) is 2.92. The summed E-state index contributed by atoms with van der Waals surface area (Å²) in [4.78, 5) is 19.0. The van der Waals surface area contributed by atoms with Crippen LogP contribution in [-0.2, 0) is 0 Å². The normalized spacial score (nSPS) is 11.3. The average molecular weight is 389 g/mol. The minimum absolute atomic E-state index is 0.0219. The van der Waals surface area contributed by atoms with Gasteiger partial charge in [0.1, 0.15) is 11.3 Å². The molecule has 0 aliphatic rings. The number of aliphatic imine (C=N–C) groups is 1. The van der Waals surface area contributed by atoms with Gasteiger partial charge in [-0.1, -0.05) is 18.2 Å². The lowest BCUT2D eigenvalue weighted by atomic mass is 10.1. The number of aromatic nitrogens is 1. The Balaban J connectivity index is 1.72. The third-order valence-corrected chi connectivity index (χ3v) is 4.43. The SMILES string of the molecule is Cc1cccc2oc(-c3cc(N=Cc4cccc([N+](=O)[O-])c4O)ccc3O)nc12. The standard InChI is InChI=1S/C21H15N3O5/c1-12-4-2-7-18-19(12)23-21(29-18)15-10-14(8-9-17(15)25)22-11-13-5-3-6-16(20(13)26)24(27)28/h2-11,25-26H,1H3. The van der Waals surface area contributed by atoms with Gasteiger partial charge < -0.3 is 14.6 Å². The molecule has 2 N–H and O–H groups in total. The van der Waals surface area contributed by atoms with Crippen molar-refractivity contribution in [3.63, 3.8) is 0 Å². The number of aryl methyl sites for hydroxylation is 1. The summed E-state index contributed by atoms with van der Waals surface area (Å²) in [6, 6.07) is 14.4. The number of phenolic OH excluding ortho intramolecular Hbond substituents is 2. The molecular weight excluding hydrogens is 374 g/mol. The van der Waals surface area contributed by atoms with Crippen molar-refractivity contribution in [2.45, 2.75) is 6.92 Å². The van der Waals surface area contributed by atoms with Crippen LogP contribution in [0.15, 0.2) is 64.0 Å². The van der Waals surface area contributed by atoms with Crippen molar-refractivity contribution in [2.75, 3.05) is 0 Å². The molecule has 0 aliphatic carbocycles. The molecule has 29 heavy (non-hydrogen) atoms. The third-order valence-electron chi connectivity index (χ3n) is 4.43. The Kier molecular flexibility index (Phi) is 4.44. The average Bonchev–Trinajstić information content (AvgIpc) is 3.13. The molecule has 0 atom stereocenters. The summed E-state index contributed by atoms with van der Waals surface area (Å²) in [7, 11) is 0. The van der Waals surface area contributed by atoms with Gasteiger partial charge in [-0.3, -0.25) is 15.1 Å². The van der Waals surface area contributed by atoms with Crippen LogP contribution in [0.2, 0.25) is 0 Å². The van der Waals surface area contributed by atoms with Gasteiger partial charge in [0.25, 0.3) is 0 Å². The molecule has 0 radical (unpaired) electrons. The number of fused-ring (bicyclic) bond motifs is 1. The fourth-order valence-electron chi connectivity index (χ4n) is 2.92. The van der Waals surface area contributed by atoms with E-state index in [2.05, 4.69) is 9.98 Å². The van der Waals surface area contributed by atoms with E-state index in [9.17, 15) is 20.3 Å². The molecule has 1 heterocycles. The molecule has 1 aromatic heterocycles. The molecule has 4 rings (SSSR count). The predicted octanol–water partition coefficient (Wildman–Crippen LogP) is 4.87. The quantitative estimate of drug-likeness (QED) is 0.292. The number of nitro groups is 1. The van der Waals surface area contributed by atoms with Gasteiger partial charge in [-0.05, 0) is 42.8 Å². The second-order valence-electron chi connectivity index (χ2n) is 6.37. The molecule has 0 fully saturated rings. The number of para-hydroxylation sites is 2. The summed E-state index contributed by atoms with van der Waals surface area (Å²) in [5.41, 5.74) is 2.87. The Hall–Kier alpha value is -4.20. The number of phenols is 2. The van der Waals surface area contributed by atoms with Crippen LogP contribution in [-0.4, -0.2) is 26.3 Å². The highest BCUT2D eigenvalue weighted by atomic mass is 16.6. The number of nitro benzene ring substituents is 1. The third kappa shape index (κ3) is 3.39. The van der Waals surface area contributed by atoms with Crippen molar-refractivity contribution in [1.82, 2.24) is 4.98 Å². The summed E-state index contributed by atoms with van der Waals surface area (Å²) in [6.45, 7) is 1.92. The Morgan fingerprint density at radius 2 is 1.93 bits per heavy atom. The second-order valence-corrected chi connectivity index (χ2v) is 6.37. The summed E-state index contributed by atoms with van der Waals surface area (Å²) >= 11 is 0. The smallest absolute Gasteiger partial charge is 0.311 e.